The van der Waals surface area contributed by atoms with Gasteiger partial charge >= 0.3 is 6.18 Å². The topological polar surface area (TPSA) is 38.7 Å². The van der Waals surface area contributed by atoms with Gasteiger partial charge in [0.05, 0.1) is 12.7 Å². The molecule has 0 saturated carbocycles. The molecule has 1 aromatic rings. The van der Waals surface area contributed by atoms with Crippen LogP contribution in [0.25, 0.3) is 0 Å². The van der Waals surface area contributed by atoms with Crippen molar-refractivity contribution in [3.8, 4) is 11.5 Å². The van der Waals surface area contributed by atoms with Gasteiger partial charge in [0.1, 0.15) is 17.1 Å². The van der Waals surface area contributed by atoms with Crippen molar-refractivity contribution in [3.05, 3.63) is 23.8 Å². The highest BCUT2D eigenvalue weighted by atomic mass is 19.4. The van der Waals surface area contributed by atoms with E-state index < -0.39 is 24.3 Å². The lowest BCUT2D eigenvalue weighted by atomic mass is 9.82. The van der Waals surface area contributed by atoms with Gasteiger partial charge in [-0.2, -0.15) is 13.2 Å². The second kappa shape index (κ2) is 5.99. The maximum Gasteiger partial charge on any atom is 0.389 e. The molecule has 0 aromatic heterocycles. The van der Waals surface area contributed by atoms with Gasteiger partial charge < -0.3 is 14.6 Å². The first-order chi connectivity index (χ1) is 10.1. The number of ether oxygens (including phenoxy) is 2. The smallest absolute Gasteiger partial charge is 0.389 e. The summed E-state index contributed by atoms with van der Waals surface area (Å²) in [5, 5.41) is 10.3. The average Bonchev–Trinajstić information content (AvgIpc) is 2.40. The van der Waals surface area contributed by atoms with Crippen LogP contribution < -0.4 is 9.47 Å². The third kappa shape index (κ3) is 3.85. The summed E-state index contributed by atoms with van der Waals surface area (Å²) in [6.45, 7) is 5.53. The second-order valence-corrected chi connectivity index (χ2v) is 6.21. The minimum absolute atomic E-state index is 0.00157. The third-order valence-electron chi connectivity index (χ3n) is 3.90. The number of hydrogen-bond donors (Lipinski definition) is 1. The molecule has 2 rings (SSSR count). The molecule has 1 heterocycles. The van der Waals surface area contributed by atoms with Crippen LogP contribution in [0, 0.1) is 0 Å². The van der Waals surface area contributed by atoms with Crippen molar-refractivity contribution >= 4 is 0 Å². The Kier molecular flexibility index (Phi) is 4.61. The Labute approximate surface area is 128 Å². The van der Waals surface area contributed by atoms with Crippen LogP contribution >= 0.6 is 0 Å². The van der Waals surface area contributed by atoms with Crippen LogP contribution in [-0.2, 0) is 0 Å². The number of benzene rings is 1. The zero-order valence-corrected chi connectivity index (χ0v) is 12.9. The number of hydrogen-bond acceptors (Lipinski definition) is 3. The highest BCUT2D eigenvalue weighted by Crippen LogP contribution is 2.42. The van der Waals surface area contributed by atoms with Gasteiger partial charge in [0, 0.05) is 17.9 Å². The average molecular weight is 318 g/mol. The van der Waals surface area contributed by atoms with E-state index in [-0.39, 0.29) is 18.9 Å². The van der Waals surface area contributed by atoms with Crippen LogP contribution in [-0.4, -0.2) is 29.6 Å². The van der Waals surface area contributed by atoms with E-state index in [4.69, 9.17) is 9.47 Å². The van der Waals surface area contributed by atoms with Gasteiger partial charge in [0.25, 0.3) is 0 Å². The number of halogens is 3. The Balaban J connectivity index is 2.03. The monoisotopic (exact) mass is 318 g/mol. The van der Waals surface area contributed by atoms with E-state index in [0.29, 0.717) is 11.5 Å². The Morgan fingerprint density at radius 1 is 1.32 bits per heavy atom. The summed E-state index contributed by atoms with van der Waals surface area (Å²) >= 11 is 0. The molecule has 0 aliphatic carbocycles. The molecule has 0 fully saturated rings. The highest BCUT2D eigenvalue weighted by Gasteiger charge is 2.40. The molecule has 6 heteroatoms. The Bertz CT molecular complexity index is 526. The fourth-order valence-corrected chi connectivity index (χ4v) is 2.64. The fraction of sp³-hybridized carbons (Fsp3) is 0.625. The molecule has 22 heavy (non-hydrogen) atoms. The highest BCUT2D eigenvalue weighted by molar-refractivity contribution is 5.45. The summed E-state index contributed by atoms with van der Waals surface area (Å²) in [6.07, 6.45) is -5.76. The summed E-state index contributed by atoms with van der Waals surface area (Å²) in [5.41, 5.74) is 0.127. The molecular weight excluding hydrogens is 297 g/mol. The number of aliphatic hydroxyl groups is 1. The fourth-order valence-electron chi connectivity index (χ4n) is 2.64. The second-order valence-electron chi connectivity index (χ2n) is 6.21. The summed E-state index contributed by atoms with van der Waals surface area (Å²) in [7, 11) is 0. The van der Waals surface area contributed by atoms with Crippen molar-refractivity contribution in [3.63, 3.8) is 0 Å². The lowest BCUT2D eigenvalue weighted by Crippen LogP contribution is -2.48. The summed E-state index contributed by atoms with van der Waals surface area (Å²) in [4.78, 5) is 0. The molecule has 0 bridgehead atoms. The minimum atomic E-state index is -4.16. The van der Waals surface area contributed by atoms with Gasteiger partial charge in [-0.3, -0.25) is 0 Å². The van der Waals surface area contributed by atoms with Gasteiger partial charge in [-0.05, 0) is 38.5 Å². The van der Waals surface area contributed by atoms with Crippen molar-refractivity contribution in [2.45, 2.75) is 57.4 Å². The molecule has 1 N–H and O–H groups in total. The summed E-state index contributed by atoms with van der Waals surface area (Å²) < 4.78 is 47.4. The van der Waals surface area contributed by atoms with Crippen LogP contribution in [0.2, 0.25) is 0 Å². The molecule has 1 aliphatic rings. The predicted molar refractivity (Wildman–Crippen MR) is 76.4 cm³/mol. The molecule has 2 unspecified atom stereocenters. The van der Waals surface area contributed by atoms with Crippen LogP contribution in [0.4, 0.5) is 13.2 Å². The Hall–Kier alpha value is -1.43. The summed E-state index contributed by atoms with van der Waals surface area (Å²) in [5.74, 6) is 1.02. The zero-order chi connectivity index (χ0) is 16.5. The first-order valence-electron chi connectivity index (χ1n) is 7.31. The number of aliphatic hydroxyl groups excluding tert-OH is 1. The van der Waals surface area contributed by atoms with E-state index in [1.54, 1.807) is 18.2 Å². The quantitative estimate of drug-likeness (QED) is 0.852. The molecule has 0 saturated heterocycles. The van der Waals surface area contributed by atoms with Crippen molar-refractivity contribution < 1.29 is 27.8 Å². The SMILES string of the molecule is CC1c2cc(OCCCC(F)(F)F)ccc2OC(C)(C)C1O. The molecule has 2 atom stereocenters. The summed E-state index contributed by atoms with van der Waals surface area (Å²) in [6, 6.07) is 5.14. The van der Waals surface area contributed by atoms with E-state index in [9.17, 15) is 18.3 Å². The minimum Gasteiger partial charge on any atom is -0.494 e. The molecule has 0 amide bonds. The molecule has 124 valence electrons. The van der Waals surface area contributed by atoms with E-state index >= 15 is 0 Å². The zero-order valence-electron chi connectivity index (χ0n) is 12.9. The lowest BCUT2D eigenvalue weighted by Gasteiger charge is -2.41. The molecule has 1 aliphatic heterocycles. The first kappa shape index (κ1) is 16.9. The first-order valence-corrected chi connectivity index (χ1v) is 7.31. The lowest BCUT2D eigenvalue weighted by molar-refractivity contribution is -0.136. The van der Waals surface area contributed by atoms with Crippen molar-refractivity contribution in [1.82, 2.24) is 0 Å². The largest absolute Gasteiger partial charge is 0.494 e. The maximum absolute atomic E-state index is 12.1. The van der Waals surface area contributed by atoms with Crippen molar-refractivity contribution in [1.29, 1.82) is 0 Å². The van der Waals surface area contributed by atoms with Crippen molar-refractivity contribution in [2.24, 2.45) is 0 Å². The third-order valence-corrected chi connectivity index (χ3v) is 3.90. The molecule has 1 aromatic carbocycles. The van der Waals surface area contributed by atoms with Gasteiger partial charge in [0.2, 0.25) is 0 Å². The van der Waals surface area contributed by atoms with E-state index in [2.05, 4.69) is 0 Å². The van der Waals surface area contributed by atoms with Crippen LogP contribution in [0.5, 0.6) is 11.5 Å². The molecular formula is C16H21F3O3. The van der Waals surface area contributed by atoms with Crippen molar-refractivity contribution in [2.75, 3.05) is 6.61 Å². The van der Waals surface area contributed by atoms with Crippen LogP contribution in [0.1, 0.15) is 45.1 Å². The van der Waals surface area contributed by atoms with Crippen LogP contribution in [0.15, 0.2) is 18.2 Å². The number of alkyl halides is 3. The van der Waals surface area contributed by atoms with E-state index in [1.165, 1.54) is 0 Å². The Morgan fingerprint density at radius 2 is 2.00 bits per heavy atom. The normalized spacial score (nSPS) is 23.6. The predicted octanol–water partition coefficient (Wildman–Crippen LogP) is 4.04. The number of rotatable bonds is 4. The van der Waals surface area contributed by atoms with E-state index in [1.807, 2.05) is 20.8 Å². The van der Waals surface area contributed by atoms with E-state index in [0.717, 1.165) is 5.56 Å². The van der Waals surface area contributed by atoms with Crippen LogP contribution in [0.3, 0.4) is 0 Å². The molecule has 0 radical (unpaired) electrons. The standard InChI is InChI=1S/C16H21F3O3/c1-10-12-9-11(21-8-4-7-16(17,18)19)5-6-13(12)22-15(2,3)14(10)20/h5-6,9-10,14,20H,4,7-8H2,1-3H3. The maximum atomic E-state index is 12.1. The molecule has 0 spiro atoms. The Morgan fingerprint density at radius 3 is 2.64 bits per heavy atom. The number of fused-ring (bicyclic) bond motifs is 1. The van der Waals surface area contributed by atoms with Gasteiger partial charge in [-0.15, -0.1) is 0 Å². The molecule has 3 nitrogen and oxygen atoms in total. The van der Waals surface area contributed by atoms with Gasteiger partial charge in [-0.1, -0.05) is 6.92 Å². The van der Waals surface area contributed by atoms with Gasteiger partial charge in [0.15, 0.2) is 0 Å². The van der Waals surface area contributed by atoms with Gasteiger partial charge in [-0.25, -0.2) is 0 Å².